The lowest BCUT2D eigenvalue weighted by atomic mass is 9.88. The fourth-order valence-electron chi connectivity index (χ4n) is 1.05. The number of aromatic carboxylic acids is 1. The third-order valence-corrected chi connectivity index (χ3v) is 3.50. The minimum absolute atomic E-state index is 0.153. The van der Waals surface area contributed by atoms with Gasteiger partial charge in [0.15, 0.2) is 0 Å². The molecule has 0 aliphatic rings. The molecule has 0 aliphatic heterocycles. The highest BCUT2D eigenvalue weighted by Gasteiger charge is 2.19. The highest BCUT2D eigenvalue weighted by Crippen LogP contribution is 2.19. The van der Waals surface area contributed by atoms with Gasteiger partial charge < -0.3 is 10.4 Å². The van der Waals surface area contributed by atoms with Crippen molar-refractivity contribution in [1.29, 1.82) is 0 Å². The highest BCUT2D eigenvalue weighted by atomic mass is 32.1. The zero-order chi connectivity index (χ0) is 12.3. The van der Waals surface area contributed by atoms with E-state index in [-0.39, 0.29) is 10.4 Å². The van der Waals surface area contributed by atoms with Gasteiger partial charge in [-0.15, -0.1) is 11.3 Å². The molecule has 1 atom stereocenters. The number of thiazole rings is 1. The Bertz CT molecular complexity index is 368. The van der Waals surface area contributed by atoms with Crippen molar-refractivity contribution in [2.24, 2.45) is 5.41 Å². The minimum atomic E-state index is -0.958. The van der Waals surface area contributed by atoms with Crippen molar-refractivity contribution < 1.29 is 9.90 Å². The summed E-state index contributed by atoms with van der Waals surface area (Å²) >= 11 is 1.17. The molecule has 0 radical (unpaired) electrons. The van der Waals surface area contributed by atoms with E-state index in [1.165, 1.54) is 11.3 Å². The Morgan fingerprint density at radius 2 is 2.25 bits per heavy atom. The van der Waals surface area contributed by atoms with Crippen LogP contribution in [0.2, 0.25) is 0 Å². The number of nitrogens with zero attached hydrogens (tertiary/aromatic N) is 1. The average Bonchev–Trinajstić information content (AvgIpc) is 2.60. The molecule has 0 aromatic carbocycles. The Hall–Kier alpha value is -0.940. The number of hydrogen-bond donors (Lipinski definition) is 2. The maximum atomic E-state index is 10.6. The van der Waals surface area contributed by atoms with Gasteiger partial charge in [0.05, 0.1) is 5.69 Å². The van der Waals surface area contributed by atoms with Gasteiger partial charge in [-0.2, -0.15) is 0 Å². The van der Waals surface area contributed by atoms with Crippen molar-refractivity contribution in [3.05, 3.63) is 16.1 Å². The maximum absolute atomic E-state index is 10.6. The van der Waals surface area contributed by atoms with Crippen LogP contribution in [0.5, 0.6) is 0 Å². The molecule has 1 aromatic heterocycles. The third kappa shape index (κ3) is 3.57. The van der Waals surface area contributed by atoms with E-state index in [0.717, 1.165) is 5.69 Å². The Morgan fingerprint density at radius 1 is 1.62 bits per heavy atom. The zero-order valence-corrected chi connectivity index (χ0v) is 10.9. The van der Waals surface area contributed by atoms with Crippen LogP contribution in [-0.2, 0) is 6.54 Å². The molecule has 0 fully saturated rings. The lowest BCUT2D eigenvalue weighted by Gasteiger charge is -2.27. The lowest BCUT2D eigenvalue weighted by molar-refractivity contribution is 0.0696. The molecule has 1 unspecified atom stereocenters. The van der Waals surface area contributed by atoms with Crippen molar-refractivity contribution in [2.45, 2.75) is 40.3 Å². The van der Waals surface area contributed by atoms with E-state index in [4.69, 9.17) is 5.11 Å². The number of carboxylic acids is 1. The molecular weight excluding hydrogens is 224 g/mol. The first-order chi connectivity index (χ1) is 7.30. The molecule has 0 spiro atoms. The number of aromatic nitrogens is 1. The summed E-state index contributed by atoms with van der Waals surface area (Å²) in [6.07, 6.45) is 0. The first-order valence-electron chi connectivity index (χ1n) is 5.22. The van der Waals surface area contributed by atoms with Crippen LogP contribution in [0.15, 0.2) is 5.38 Å². The molecule has 16 heavy (non-hydrogen) atoms. The van der Waals surface area contributed by atoms with Gasteiger partial charge in [0, 0.05) is 18.0 Å². The van der Waals surface area contributed by atoms with Gasteiger partial charge in [0.2, 0.25) is 5.01 Å². The van der Waals surface area contributed by atoms with Crippen molar-refractivity contribution in [3.63, 3.8) is 0 Å². The molecule has 1 aromatic rings. The third-order valence-electron chi connectivity index (χ3n) is 2.62. The van der Waals surface area contributed by atoms with Crippen LogP contribution >= 0.6 is 11.3 Å². The molecule has 5 heteroatoms. The summed E-state index contributed by atoms with van der Waals surface area (Å²) in [4.78, 5) is 14.7. The van der Waals surface area contributed by atoms with Gasteiger partial charge in [-0.1, -0.05) is 20.8 Å². The molecule has 0 aliphatic carbocycles. The van der Waals surface area contributed by atoms with E-state index in [1.807, 2.05) is 0 Å². The summed E-state index contributed by atoms with van der Waals surface area (Å²) in [5.74, 6) is -0.958. The van der Waals surface area contributed by atoms with Crippen molar-refractivity contribution in [1.82, 2.24) is 10.3 Å². The van der Waals surface area contributed by atoms with Crippen LogP contribution in [0.25, 0.3) is 0 Å². The molecule has 0 amide bonds. The van der Waals surface area contributed by atoms with E-state index in [1.54, 1.807) is 5.38 Å². The summed E-state index contributed by atoms with van der Waals surface area (Å²) < 4.78 is 0. The van der Waals surface area contributed by atoms with Gasteiger partial charge in [0.1, 0.15) is 0 Å². The molecule has 1 heterocycles. The molecule has 4 nitrogen and oxygen atoms in total. The number of hydrogen-bond acceptors (Lipinski definition) is 4. The normalized spacial score (nSPS) is 13.8. The highest BCUT2D eigenvalue weighted by molar-refractivity contribution is 7.11. The monoisotopic (exact) mass is 242 g/mol. The first-order valence-corrected chi connectivity index (χ1v) is 6.09. The maximum Gasteiger partial charge on any atom is 0.365 e. The van der Waals surface area contributed by atoms with Crippen LogP contribution in [0.4, 0.5) is 0 Å². The van der Waals surface area contributed by atoms with E-state index < -0.39 is 5.97 Å². The van der Waals surface area contributed by atoms with Gasteiger partial charge >= 0.3 is 5.97 Å². The Balaban J connectivity index is 2.52. The van der Waals surface area contributed by atoms with Crippen LogP contribution in [0.3, 0.4) is 0 Å². The fourth-order valence-corrected chi connectivity index (χ4v) is 1.70. The topological polar surface area (TPSA) is 62.2 Å². The summed E-state index contributed by atoms with van der Waals surface area (Å²) in [5.41, 5.74) is 0.976. The van der Waals surface area contributed by atoms with E-state index in [9.17, 15) is 4.79 Å². The largest absolute Gasteiger partial charge is 0.476 e. The molecule has 0 bridgehead atoms. The van der Waals surface area contributed by atoms with E-state index in [0.29, 0.717) is 12.6 Å². The minimum Gasteiger partial charge on any atom is -0.476 e. The molecule has 1 rings (SSSR count). The molecule has 90 valence electrons. The van der Waals surface area contributed by atoms with Gasteiger partial charge in [-0.05, 0) is 12.3 Å². The average molecular weight is 242 g/mol. The Labute approximate surface area is 99.7 Å². The Kier molecular flexibility index (Phi) is 4.04. The Morgan fingerprint density at radius 3 is 2.69 bits per heavy atom. The standard InChI is InChI=1S/C11H18N2O2S/c1-7(11(2,3)4)12-5-8-6-16-9(13-8)10(14)15/h6-7,12H,5H2,1-4H3,(H,14,15). The summed E-state index contributed by atoms with van der Waals surface area (Å²) in [6.45, 7) is 9.21. The van der Waals surface area contributed by atoms with Crippen LogP contribution in [-0.4, -0.2) is 22.1 Å². The molecular formula is C11H18N2O2S. The van der Waals surface area contributed by atoms with Gasteiger partial charge in [-0.3, -0.25) is 0 Å². The quantitative estimate of drug-likeness (QED) is 0.851. The predicted octanol–water partition coefficient (Wildman–Crippen LogP) is 2.37. The first kappa shape index (κ1) is 13.1. The van der Waals surface area contributed by atoms with E-state index >= 15 is 0 Å². The van der Waals surface area contributed by atoms with E-state index in [2.05, 4.69) is 38.0 Å². The van der Waals surface area contributed by atoms with Crippen molar-refractivity contribution in [2.75, 3.05) is 0 Å². The smallest absolute Gasteiger partial charge is 0.365 e. The second kappa shape index (κ2) is 4.93. The van der Waals surface area contributed by atoms with Crippen LogP contribution in [0.1, 0.15) is 43.2 Å². The summed E-state index contributed by atoms with van der Waals surface area (Å²) in [7, 11) is 0. The van der Waals surface area contributed by atoms with Crippen molar-refractivity contribution >= 4 is 17.3 Å². The predicted molar refractivity (Wildman–Crippen MR) is 64.8 cm³/mol. The SMILES string of the molecule is CC(NCc1csc(C(=O)O)n1)C(C)(C)C. The number of carboxylic acid groups (broad SMARTS) is 1. The van der Waals surface area contributed by atoms with Crippen molar-refractivity contribution in [3.8, 4) is 0 Å². The molecule has 0 saturated heterocycles. The molecule has 0 saturated carbocycles. The molecule has 2 N–H and O–H groups in total. The summed E-state index contributed by atoms with van der Waals surface area (Å²) in [5, 5.41) is 14.0. The van der Waals surface area contributed by atoms with Crippen LogP contribution in [0, 0.1) is 5.41 Å². The zero-order valence-electron chi connectivity index (χ0n) is 10.1. The summed E-state index contributed by atoms with van der Waals surface area (Å²) in [6, 6.07) is 0.350. The lowest BCUT2D eigenvalue weighted by Crippen LogP contribution is -2.37. The second-order valence-electron chi connectivity index (χ2n) is 4.92. The number of nitrogens with one attached hydrogen (secondary N) is 1. The van der Waals surface area contributed by atoms with Gasteiger partial charge in [0.25, 0.3) is 0 Å². The van der Waals surface area contributed by atoms with Gasteiger partial charge in [-0.25, -0.2) is 9.78 Å². The number of rotatable bonds is 4. The number of carbonyl (C=O) groups is 1. The van der Waals surface area contributed by atoms with Crippen LogP contribution < -0.4 is 5.32 Å². The second-order valence-corrected chi connectivity index (χ2v) is 5.78. The fraction of sp³-hybridized carbons (Fsp3) is 0.636.